The molecule has 1 unspecified atom stereocenters. The zero-order valence-corrected chi connectivity index (χ0v) is 12.5. The lowest BCUT2D eigenvalue weighted by atomic mass is 10.2. The van der Waals surface area contributed by atoms with Crippen molar-refractivity contribution in [2.45, 2.75) is 12.5 Å². The van der Waals surface area contributed by atoms with Crippen molar-refractivity contribution in [2.24, 2.45) is 0 Å². The number of hydrogen-bond donors (Lipinski definition) is 3. The standard InChI is InChI=1S/C17H14N2O5/c20-14-7-2-1-6-12(14)18-13-9-15(21)19(16(13)22)11-5-3-4-10(8-11)17(23)24/h1-8,13,18,20H,9H2,(H,23,24). The predicted molar refractivity (Wildman–Crippen MR) is 86.0 cm³/mol. The normalized spacial score (nSPS) is 17.2. The van der Waals surface area contributed by atoms with E-state index in [0.717, 1.165) is 4.90 Å². The highest BCUT2D eigenvalue weighted by molar-refractivity contribution is 6.23. The molecule has 2 amide bonds. The van der Waals surface area contributed by atoms with Gasteiger partial charge in [-0.05, 0) is 30.3 Å². The van der Waals surface area contributed by atoms with E-state index in [9.17, 15) is 19.5 Å². The van der Waals surface area contributed by atoms with Crippen molar-refractivity contribution in [2.75, 3.05) is 10.2 Å². The summed E-state index contributed by atoms with van der Waals surface area (Å²) in [6.45, 7) is 0. The highest BCUT2D eigenvalue weighted by Crippen LogP contribution is 2.28. The lowest BCUT2D eigenvalue weighted by molar-refractivity contribution is -0.121. The Bertz CT molecular complexity index is 833. The van der Waals surface area contributed by atoms with Crippen molar-refractivity contribution in [3.05, 3.63) is 54.1 Å². The number of aromatic hydroxyl groups is 1. The Morgan fingerprint density at radius 1 is 1.12 bits per heavy atom. The third-order valence-corrected chi connectivity index (χ3v) is 3.73. The van der Waals surface area contributed by atoms with Crippen LogP contribution in [0.5, 0.6) is 5.75 Å². The number of benzene rings is 2. The monoisotopic (exact) mass is 326 g/mol. The van der Waals surface area contributed by atoms with Gasteiger partial charge in [-0.3, -0.25) is 9.59 Å². The topological polar surface area (TPSA) is 107 Å². The van der Waals surface area contributed by atoms with Gasteiger partial charge in [-0.15, -0.1) is 0 Å². The summed E-state index contributed by atoms with van der Waals surface area (Å²) in [5.74, 6) is -2.09. The second kappa shape index (κ2) is 6.04. The highest BCUT2D eigenvalue weighted by atomic mass is 16.4. The molecule has 3 N–H and O–H groups in total. The number of anilines is 2. The van der Waals surface area contributed by atoms with Gasteiger partial charge < -0.3 is 15.5 Å². The Morgan fingerprint density at radius 3 is 2.58 bits per heavy atom. The molecule has 3 rings (SSSR count). The SMILES string of the molecule is O=C(O)c1cccc(N2C(=O)CC(Nc3ccccc3O)C2=O)c1. The van der Waals surface area contributed by atoms with Crippen LogP contribution in [-0.2, 0) is 9.59 Å². The number of carboxylic acids is 1. The van der Waals surface area contributed by atoms with Crippen LogP contribution in [0.15, 0.2) is 48.5 Å². The minimum Gasteiger partial charge on any atom is -0.506 e. The Balaban J connectivity index is 1.86. The van der Waals surface area contributed by atoms with Gasteiger partial charge in [-0.25, -0.2) is 9.69 Å². The molecule has 1 saturated heterocycles. The van der Waals surface area contributed by atoms with Crippen LogP contribution in [0.2, 0.25) is 0 Å². The number of hydrogen-bond acceptors (Lipinski definition) is 5. The van der Waals surface area contributed by atoms with E-state index >= 15 is 0 Å². The molecular weight excluding hydrogens is 312 g/mol. The van der Waals surface area contributed by atoms with Gasteiger partial charge in [0.05, 0.1) is 23.4 Å². The van der Waals surface area contributed by atoms with Crippen LogP contribution >= 0.6 is 0 Å². The van der Waals surface area contributed by atoms with Gasteiger partial charge in [0.1, 0.15) is 11.8 Å². The van der Waals surface area contributed by atoms with E-state index in [1.165, 1.54) is 30.3 Å². The number of nitrogens with zero attached hydrogens (tertiary/aromatic N) is 1. The molecule has 7 nitrogen and oxygen atoms in total. The fourth-order valence-electron chi connectivity index (χ4n) is 2.58. The van der Waals surface area contributed by atoms with E-state index in [2.05, 4.69) is 5.32 Å². The number of amides is 2. The largest absolute Gasteiger partial charge is 0.506 e. The van der Waals surface area contributed by atoms with Crippen molar-refractivity contribution in [1.29, 1.82) is 0 Å². The van der Waals surface area contributed by atoms with E-state index in [0.29, 0.717) is 5.69 Å². The van der Waals surface area contributed by atoms with Crippen LogP contribution in [0.1, 0.15) is 16.8 Å². The maximum Gasteiger partial charge on any atom is 0.335 e. The maximum absolute atomic E-state index is 12.5. The fourth-order valence-corrected chi connectivity index (χ4v) is 2.58. The van der Waals surface area contributed by atoms with E-state index in [-0.39, 0.29) is 23.4 Å². The molecule has 2 aromatic rings. The molecule has 0 bridgehead atoms. The Kier molecular flexibility index (Phi) is 3.91. The number of phenolic OH excluding ortho intramolecular Hbond substituents is 1. The molecule has 0 saturated carbocycles. The van der Waals surface area contributed by atoms with Crippen LogP contribution < -0.4 is 10.2 Å². The van der Waals surface area contributed by atoms with Gasteiger partial charge in [-0.2, -0.15) is 0 Å². The molecule has 1 heterocycles. The zero-order valence-electron chi connectivity index (χ0n) is 12.5. The van der Waals surface area contributed by atoms with Crippen LogP contribution in [0.25, 0.3) is 0 Å². The first-order valence-electron chi connectivity index (χ1n) is 7.22. The molecule has 1 aliphatic rings. The molecule has 7 heteroatoms. The van der Waals surface area contributed by atoms with Crippen molar-refractivity contribution in [3.63, 3.8) is 0 Å². The zero-order chi connectivity index (χ0) is 17.3. The number of carbonyl (C=O) groups is 3. The van der Waals surface area contributed by atoms with Gasteiger partial charge >= 0.3 is 5.97 Å². The number of nitrogens with one attached hydrogen (secondary N) is 1. The lowest BCUT2D eigenvalue weighted by Gasteiger charge is -2.17. The van der Waals surface area contributed by atoms with Gasteiger partial charge in [0.15, 0.2) is 0 Å². The predicted octanol–water partition coefficient (Wildman–Crippen LogP) is 1.83. The summed E-state index contributed by atoms with van der Waals surface area (Å²) in [7, 11) is 0. The lowest BCUT2D eigenvalue weighted by Crippen LogP contribution is -2.34. The smallest absolute Gasteiger partial charge is 0.335 e. The summed E-state index contributed by atoms with van der Waals surface area (Å²) in [5, 5.41) is 21.6. The minimum atomic E-state index is -1.14. The fraction of sp³-hybridized carbons (Fsp3) is 0.118. The molecular formula is C17H14N2O5. The molecule has 2 aromatic carbocycles. The summed E-state index contributed by atoms with van der Waals surface area (Å²) >= 11 is 0. The average molecular weight is 326 g/mol. The molecule has 1 fully saturated rings. The number of imide groups is 1. The Hall–Kier alpha value is -3.35. The number of rotatable bonds is 4. The van der Waals surface area contributed by atoms with Crippen molar-refractivity contribution < 1.29 is 24.6 Å². The maximum atomic E-state index is 12.5. The number of para-hydroxylation sites is 2. The molecule has 122 valence electrons. The molecule has 0 aliphatic carbocycles. The van der Waals surface area contributed by atoms with Crippen molar-refractivity contribution in [3.8, 4) is 5.75 Å². The third-order valence-electron chi connectivity index (χ3n) is 3.73. The van der Waals surface area contributed by atoms with Gasteiger partial charge in [-0.1, -0.05) is 18.2 Å². The van der Waals surface area contributed by atoms with E-state index in [1.807, 2.05) is 0 Å². The van der Waals surface area contributed by atoms with Gasteiger partial charge in [0, 0.05) is 0 Å². The summed E-state index contributed by atoms with van der Waals surface area (Å²) in [6.07, 6.45) is -0.0789. The van der Waals surface area contributed by atoms with E-state index < -0.39 is 23.8 Å². The minimum absolute atomic E-state index is 0.00906. The van der Waals surface area contributed by atoms with Crippen LogP contribution in [0.3, 0.4) is 0 Å². The summed E-state index contributed by atoms with van der Waals surface area (Å²) in [6, 6.07) is 11.2. The van der Waals surface area contributed by atoms with Crippen molar-refractivity contribution >= 4 is 29.2 Å². The van der Waals surface area contributed by atoms with Crippen LogP contribution in [0, 0.1) is 0 Å². The first-order valence-corrected chi connectivity index (χ1v) is 7.22. The summed E-state index contributed by atoms with van der Waals surface area (Å²) in [4.78, 5) is 36.7. The van der Waals surface area contributed by atoms with E-state index in [4.69, 9.17) is 5.11 Å². The summed E-state index contributed by atoms with van der Waals surface area (Å²) < 4.78 is 0. The number of carbonyl (C=O) groups excluding carboxylic acids is 2. The molecule has 1 aliphatic heterocycles. The quantitative estimate of drug-likeness (QED) is 0.584. The molecule has 0 aromatic heterocycles. The summed E-state index contributed by atoms with van der Waals surface area (Å²) in [5.41, 5.74) is 0.557. The van der Waals surface area contributed by atoms with Crippen LogP contribution in [-0.4, -0.2) is 34.0 Å². The number of phenols is 1. The molecule has 0 radical (unpaired) electrons. The first kappa shape index (κ1) is 15.5. The number of carboxylic acid groups (broad SMARTS) is 1. The van der Waals surface area contributed by atoms with Gasteiger partial charge in [0.25, 0.3) is 5.91 Å². The molecule has 0 spiro atoms. The Labute approximate surface area is 137 Å². The van der Waals surface area contributed by atoms with Gasteiger partial charge in [0.2, 0.25) is 5.91 Å². The second-order valence-corrected chi connectivity index (χ2v) is 5.34. The van der Waals surface area contributed by atoms with Crippen molar-refractivity contribution in [1.82, 2.24) is 0 Å². The number of aromatic carboxylic acids is 1. The van der Waals surface area contributed by atoms with Crippen LogP contribution in [0.4, 0.5) is 11.4 Å². The molecule has 1 atom stereocenters. The average Bonchev–Trinajstić information content (AvgIpc) is 2.83. The Morgan fingerprint density at radius 2 is 1.88 bits per heavy atom. The van der Waals surface area contributed by atoms with E-state index in [1.54, 1.807) is 18.2 Å². The second-order valence-electron chi connectivity index (χ2n) is 5.34. The molecule has 24 heavy (non-hydrogen) atoms. The third kappa shape index (κ3) is 2.79. The first-order chi connectivity index (χ1) is 11.5. The highest BCUT2D eigenvalue weighted by Gasteiger charge is 2.40.